The number of aryl methyl sites for hydroxylation is 1. The minimum absolute atomic E-state index is 0.0464. The molecule has 1 fully saturated rings. The van der Waals surface area contributed by atoms with E-state index in [0.29, 0.717) is 48.9 Å². The molecular formula is C35H40ClN5O. The molecule has 4 aromatic rings. The smallest absolute Gasteiger partial charge is 0.321 e. The van der Waals surface area contributed by atoms with Crippen LogP contribution < -0.4 is 10.2 Å². The molecule has 2 heterocycles. The highest BCUT2D eigenvalue weighted by atomic mass is 35.5. The molecule has 0 aliphatic carbocycles. The Bertz CT molecular complexity index is 1500. The van der Waals surface area contributed by atoms with Crippen molar-refractivity contribution in [1.82, 2.24) is 14.9 Å². The zero-order chi connectivity index (χ0) is 29.8. The molecule has 0 spiro atoms. The van der Waals surface area contributed by atoms with Gasteiger partial charge in [0.2, 0.25) is 0 Å². The van der Waals surface area contributed by atoms with Crippen molar-refractivity contribution >= 4 is 29.1 Å². The summed E-state index contributed by atoms with van der Waals surface area (Å²) in [7, 11) is 0. The van der Waals surface area contributed by atoms with Crippen LogP contribution in [0.5, 0.6) is 0 Å². The number of halogens is 1. The Balaban J connectivity index is 1.39. The summed E-state index contributed by atoms with van der Waals surface area (Å²) in [5.41, 5.74) is 7.52. The average molecular weight is 582 g/mol. The quantitative estimate of drug-likeness (QED) is 0.238. The van der Waals surface area contributed by atoms with E-state index in [9.17, 15) is 4.79 Å². The zero-order valence-corrected chi connectivity index (χ0v) is 25.9. The minimum atomic E-state index is -0.0464. The molecule has 5 rings (SSSR count). The number of nitrogens with one attached hydrogen (secondary N) is 1. The lowest BCUT2D eigenvalue weighted by Gasteiger charge is -2.37. The minimum Gasteiger partial charge on any atom is -0.353 e. The van der Waals surface area contributed by atoms with E-state index in [1.807, 2.05) is 35.2 Å². The second-order valence-electron chi connectivity index (χ2n) is 11.6. The van der Waals surface area contributed by atoms with E-state index >= 15 is 0 Å². The van der Waals surface area contributed by atoms with Crippen molar-refractivity contribution < 1.29 is 4.79 Å². The number of anilines is 2. The van der Waals surface area contributed by atoms with Crippen molar-refractivity contribution in [3.05, 3.63) is 106 Å². The van der Waals surface area contributed by atoms with Gasteiger partial charge in [-0.05, 0) is 59.7 Å². The van der Waals surface area contributed by atoms with Crippen LogP contribution in [0.2, 0.25) is 5.02 Å². The number of hydrogen-bond donors (Lipinski definition) is 1. The van der Waals surface area contributed by atoms with Gasteiger partial charge in [-0.15, -0.1) is 0 Å². The van der Waals surface area contributed by atoms with Gasteiger partial charge in [-0.2, -0.15) is 0 Å². The van der Waals surface area contributed by atoms with Crippen LogP contribution in [-0.4, -0.2) is 47.1 Å². The monoisotopic (exact) mass is 581 g/mol. The van der Waals surface area contributed by atoms with E-state index in [1.165, 1.54) is 16.7 Å². The second-order valence-corrected chi connectivity index (χ2v) is 12.1. The van der Waals surface area contributed by atoms with Gasteiger partial charge < -0.3 is 15.1 Å². The molecule has 42 heavy (non-hydrogen) atoms. The molecule has 1 saturated heterocycles. The largest absolute Gasteiger partial charge is 0.353 e. The number of rotatable bonds is 7. The van der Waals surface area contributed by atoms with Gasteiger partial charge in [-0.25, -0.2) is 14.8 Å². The molecule has 0 unspecified atom stereocenters. The Morgan fingerprint density at radius 1 is 0.833 bits per heavy atom. The normalized spacial score (nSPS) is 13.6. The summed E-state index contributed by atoms with van der Waals surface area (Å²) in [6.07, 6.45) is 0.744. The molecule has 1 aromatic heterocycles. The van der Waals surface area contributed by atoms with Gasteiger partial charge in [0.05, 0.1) is 0 Å². The van der Waals surface area contributed by atoms with Crippen LogP contribution in [0.4, 0.5) is 16.3 Å². The van der Waals surface area contributed by atoms with Crippen LogP contribution in [0.15, 0.2) is 72.8 Å². The standard InChI is InChI=1S/C35H40ClN5O/c1-23(2)29-12-9-13-30(24(3)4)32(29)38-35(42)41-20-18-40(19-21-41)34-31(22-26-10-7-6-8-11-26)25(5)37-33(39-34)27-14-16-28(36)17-15-27/h6-17,23-24H,18-22H2,1-5H3,(H,38,42). The fraction of sp³-hybridized carbons (Fsp3) is 0.343. The number of benzene rings is 3. The molecule has 1 N–H and O–H groups in total. The van der Waals surface area contributed by atoms with E-state index in [1.54, 1.807) is 0 Å². The number of aromatic nitrogens is 2. The van der Waals surface area contributed by atoms with Gasteiger partial charge in [-0.1, -0.05) is 87.8 Å². The Morgan fingerprint density at radius 2 is 1.45 bits per heavy atom. The van der Waals surface area contributed by atoms with Crippen LogP contribution in [0.1, 0.15) is 67.5 Å². The molecule has 0 bridgehead atoms. The molecule has 218 valence electrons. The maximum absolute atomic E-state index is 13.5. The Hall–Kier alpha value is -3.90. The number of carbonyl (C=O) groups is 1. The molecule has 7 heteroatoms. The first-order valence-corrected chi connectivity index (χ1v) is 15.2. The maximum atomic E-state index is 13.5. The Labute approximate surface area is 254 Å². The summed E-state index contributed by atoms with van der Waals surface area (Å²) in [6.45, 7) is 13.3. The van der Waals surface area contributed by atoms with Crippen LogP contribution in [0.25, 0.3) is 11.4 Å². The van der Waals surface area contributed by atoms with E-state index in [0.717, 1.165) is 34.7 Å². The third-order valence-corrected chi connectivity index (χ3v) is 8.24. The van der Waals surface area contributed by atoms with E-state index in [4.69, 9.17) is 21.6 Å². The number of urea groups is 1. The first kappa shape index (κ1) is 29.6. The molecule has 0 saturated carbocycles. The Kier molecular flexibility index (Phi) is 9.12. The summed E-state index contributed by atoms with van der Waals surface area (Å²) < 4.78 is 0. The molecule has 3 aromatic carbocycles. The van der Waals surface area contributed by atoms with Crippen molar-refractivity contribution in [3.8, 4) is 11.4 Å². The van der Waals surface area contributed by atoms with E-state index in [2.05, 4.69) is 87.3 Å². The fourth-order valence-corrected chi connectivity index (χ4v) is 5.71. The highest BCUT2D eigenvalue weighted by Crippen LogP contribution is 2.33. The van der Waals surface area contributed by atoms with Gasteiger partial charge in [0.15, 0.2) is 5.82 Å². The highest BCUT2D eigenvalue weighted by molar-refractivity contribution is 6.30. The van der Waals surface area contributed by atoms with Crippen LogP contribution in [-0.2, 0) is 6.42 Å². The number of nitrogens with zero attached hydrogens (tertiary/aromatic N) is 4. The number of piperazine rings is 1. The Morgan fingerprint density at radius 3 is 2.05 bits per heavy atom. The van der Waals surface area contributed by atoms with E-state index in [-0.39, 0.29) is 6.03 Å². The second kappa shape index (κ2) is 13.0. The maximum Gasteiger partial charge on any atom is 0.321 e. The van der Waals surface area contributed by atoms with Crippen molar-refractivity contribution in [2.75, 3.05) is 36.4 Å². The summed E-state index contributed by atoms with van der Waals surface area (Å²) in [5.74, 6) is 2.25. The van der Waals surface area contributed by atoms with E-state index < -0.39 is 0 Å². The van der Waals surface area contributed by atoms with Crippen LogP contribution in [0, 0.1) is 6.92 Å². The molecule has 2 amide bonds. The predicted molar refractivity (Wildman–Crippen MR) is 174 cm³/mol. The van der Waals surface area contributed by atoms with Crippen molar-refractivity contribution in [3.63, 3.8) is 0 Å². The molecule has 0 radical (unpaired) electrons. The molecule has 0 atom stereocenters. The van der Waals surface area contributed by atoms with Gasteiger partial charge in [0.25, 0.3) is 0 Å². The van der Waals surface area contributed by atoms with Crippen LogP contribution in [0.3, 0.4) is 0 Å². The number of para-hydroxylation sites is 1. The average Bonchev–Trinajstić information content (AvgIpc) is 2.99. The van der Waals surface area contributed by atoms with Gasteiger partial charge >= 0.3 is 6.03 Å². The van der Waals surface area contributed by atoms with Gasteiger partial charge in [0, 0.05) is 60.1 Å². The predicted octanol–water partition coefficient (Wildman–Crippen LogP) is 8.30. The number of carbonyl (C=O) groups excluding carboxylic acids is 1. The fourth-order valence-electron chi connectivity index (χ4n) is 5.58. The van der Waals surface area contributed by atoms with Crippen molar-refractivity contribution in [2.45, 2.75) is 52.9 Å². The van der Waals surface area contributed by atoms with Gasteiger partial charge in [-0.3, -0.25) is 0 Å². The number of amides is 2. The molecule has 1 aliphatic heterocycles. The van der Waals surface area contributed by atoms with Crippen molar-refractivity contribution in [1.29, 1.82) is 0 Å². The number of hydrogen-bond acceptors (Lipinski definition) is 4. The van der Waals surface area contributed by atoms with Gasteiger partial charge in [0.1, 0.15) is 5.82 Å². The topological polar surface area (TPSA) is 61.4 Å². The lowest BCUT2D eigenvalue weighted by atomic mass is 9.93. The lowest BCUT2D eigenvalue weighted by molar-refractivity contribution is 0.208. The first-order valence-electron chi connectivity index (χ1n) is 14.8. The third-order valence-electron chi connectivity index (χ3n) is 7.99. The summed E-state index contributed by atoms with van der Waals surface area (Å²) in [5, 5.41) is 3.97. The van der Waals surface area contributed by atoms with Crippen molar-refractivity contribution in [2.24, 2.45) is 0 Å². The SMILES string of the molecule is Cc1nc(-c2ccc(Cl)cc2)nc(N2CCN(C(=O)Nc3c(C(C)C)cccc3C(C)C)CC2)c1Cc1ccccc1. The highest BCUT2D eigenvalue weighted by Gasteiger charge is 2.27. The third kappa shape index (κ3) is 6.60. The lowest BCUT2D eigenvalue weighted by Crippen LogP contribution is -2.50. The molecule has 6 nitrogen and oxygen atoms in total. The summed E-state index contributed by atoms with van der Waals surface area (Å²) in [4.78, 5) is 27.8. The summed E-state index contributed by atoms with van der Waals surface area (Å²) in [6, 6.07) is 24.4. The summed E-state index contributed by atoms with van der Waals surface area (Å²) >= 11 is 6.15. The first-order chi connectivity index (χ1) is 20.2. The van der Waals surface area contributed by atoms with Crippen LogP contribution >= 0.6 is 11.6 Å². The molecule has 1 aliphatic rings. The molecular weight excluding hydrogens is 542 g/mol. The zero-order valence-electron chi connectivity index (χ0n) is 25.2.